The number of hydrogen-bond donors (Lipinski definition) is 0. The van der Waals surface area contributed by atoms with E-state index in [9.17, 15) is 13.2 Å². The summed E-state index contributed by atoms with van der Waals surface area (Å²) in [5.74, 6) is 0.881. The number of sulfonamides is 1. The Hall–Kier alpha value is -2.58. The molecule has 2 aromatic carbocycles. The fraction of sp³-hybridized carbons (Fsp3) is 0.500. The van der Waals surface area contributed by atoms with Gasteiger partial charge in [0.25, 0.3) is 0 Å². The number of anilines is 1. The lowest BCUT2D eigenvalue weighted by Gasteiger charge is -2.39. The Morgan fingerprint density at radius 3 is 1.97 bits per heavy atom. The van der Waals surface area contributed by atoms with Crippen molar-refractivity contribution in [3.63, 3.8) is 0 Å². The first-order valence-corrected chi connectivity index (χ1v) is 13.4. The first-order valence-electron chi connectivity index (χ1n) is 12.0. The van der Waals surface area contributed by atoms with E-state index in [1.807, 2.05) is 62.1 Å². The molecule has 34 heavy (non-hydrogen) atoms. The number of hydrogen-bond acceptors (Lipinski definition) is 5. The van der Waals surface area contributed by atoms with Crippen LogP contribution in [0.5, 0.6) is 5.75 Å². The maximum atomic E-state index is 13.3. The van der Waals surface area contributed by atoms with Gasteiger partial charge in [0.1, 0.15) is 5.75 Å². The summed E-state index contributed by atoms with van der Waals surface area (Å²) in [5, 5.41) is 0. The highest BCUT2D eigenvalue weighted by molar-refractivity contribution is 7.89. The Kier molecular flexibility index (Phi) is 7.19. The summed E-state index contributed by atoms with van der Waals surface area (Å²) in [6.45, 7) is 9.41. The third-order valence-corrected chi connectivity index (χ3v) is 9.24. The molecule has 7 nitrogen and oxygen atoms in total. The van der Waals surface area contributed by atoms with Gasteiger partial charge in [0.2, 0.25) is 15.9 Å². The van der Waals surface area contributed by atoms with Crippen LogP contribution in [0.2, 0.25) is 0 Å². The number of piperidine rings is 1. The smallest absolute Gasteiger partial charge is 0.243 e. The second-order valence-electron chi connectivity index (χ2n) is 9.42. The Labute approximate surface area is 203 Å². The molecule has 0 spiro atoms. The molecule has 2 aliphatic heterocycles. The summed E-state index contributed by atoms with van der Waals surface area (Å²) in [6, 6.07) is 11.8. The van der Waals surface area contributed by atoms with E-state index in [4.69, 9.17) is 4.74 Å². The lowest BCUT2D eigenvalue weighted by molar-refractivity contribution is -0.137. The van der Waals surface area contributed by atoms with Crippen molar-refractivity contribution in [2.75, 3.05) is 51.3 Å². The van der Waals surface area contributed by atoms with Gasteiger partial charge in [0, 0.05) is 50.9 Å². The van der Waals surface area contributed by atoms with Crippen LogP contribution >= 0.6 is 0 Å². The first kappa shape index (κ1) is 24.5. The van der Waals surface area contributed by atoms with E-state index in [0.29, 0.717) is 43.9 Å². The highest BCUT2D eigenvalue weighted by Crippen LogP contribution is 2.30. The zero-order valence-electron chi connectivity index (χ0n) is 20.6. The molecule has 2 aromatic rings. The number of nitrogens with zero attached hydrogens (tertiary/aromatic N) is 3. The predicted molar refractivity (Wildman–Crippen MR) is 134 cm³/mol. The van der Waals surface area contributed by atoms with Crippen LogP contribution in [0.3, 0.4) is 0 Å². The molecule has 0 atom stereocenters. The molecule has 0 radical (unpaired) electrons. The number of ether oxygens (including phenoxy) is 1. The summed E-state index contributed by atoms with van der Waals surface area (Å²) in [6.07, 6.45) is 1.14. The number of benzene rings is 2. The fourth-order valence-corrected chi connectivity index (χ4v) is 7.16. The topological polar surface area (TPSA) is 70.2 Å². The van der Waals surface area contributed by atoms with E-state index < -0.39 is 10.0 Å². The van der Waals surface area contributed by atoms with E-state index in [2.05, 4.69) is 4.90 Å². The summed E-state index contributed by atoms with van der Waals surface area (Å²) in [4.78, 5) is 17.8. The van der Waals surface area contributed by atoms with Crippen LogP contribution < -0.4 is 9.64 Å². The maximum Gasteiger partial charge on any atom is 0.243 e. The van der Waals surface area contributed by atoms with Gasteiger partial charge in [-0.2, -0.15) is 4.31 Å². The number of rotatable bonds is 5. The van der Waals surface area contributed by atoms with Gasteiger partial charge in [-0.3, -0.25) is 4.79 Å². The van der Waals surface area contributed by atoms with E-state index in [0.717, 1.165) is 41.2 Å². The Bertz CT molecular complexity index is 1110. The maximum absolute atomic E-state index is 13.3. The number of carbonyl (C=O) groups is 1. The van der Waals surface area contributed by atoms with Crippen molar-refractivity contribution in [1.82, 2.24) is 9.21 Å². The van der Waals surface area contributed by atoms with Crippen LogP contribution in [0.25, 0.3) is 0 Å². The largest absolute Gasteiger partial charge is 0.497 e. The second-order valence-corrected chi connectivity index (χ2v) is 11.3. The van der Waals surface area contributed by atoms with Crippen molar-refractivity contribution >= 4 is 21.6 Å². The van der Waals surface area contributed by atoms with Gasteiger partial charge in [-0.25, -0.2) is 8.42 Å². The molecule has 4 rings (SSSR count). The molecule has 0 saturated carbocycles. The molecule has 0 aromatic heterocycles. The minimum atomic E-state index is -3.56. The Morgan fingerprint density at radius 1 is 0.882 bits per heavy atom. The first-order chi connectivity index (χ1) is 16.2. The molecule has 184 valence electrons. The SMILES string of the molecule is COc1ccc(N2CCN(C(=O)C3CCN(S(=O)(=O)c4c(C)cc(C)cc4C)CC3)CC2)cc1. The summed E-state index contributed by atoms with van der Waals surface area (Å²) < 4.78 is 33.5. The lowest BCUT2D eigenvalue weighted by Crippen LogP contribution is -2.52. The molecule has 0 unspecified atom stereocenters. The molecule has 0 N–H and O–H groups in total. The van der Waals surface area contributed by atoms with E-state index in [1.54, 1.807) is 11.4 Å². The summed E-state index contributed by atoms with van der Waals surface area (Å²) in [5.41, 5.74) is 3.76. The van der Waals surface area contributed by atoms with E-state index in [-0.39, 0.29) is 11.8 Å². The predicted octanol–water partition coefficient (Wildman–Crippen LogP) is 3.37. The van der Waals surface area contributed by atoms with E-state index in [1.165, 1.54) is 0 Å². The normalized spacial score (nSPS) is 18.2. The molecule has 2 saturated heterocycles. The van der Waals surface area contributed by atoms with E-state index >= 15 is 0 Å². The van der Waals surface area contributed by atoms with Gasteiger partial charge >= 0.3 is 0 Å². The van der Waals surface area contributed by atoms with Crippen LogP contribution in [0.1, 0.15) is 29.5 Å². The number of carbonyl (C=O) groups excluding carboxylic acids is 1. The summed E-state index contributed by atoms with van der Waals surface area (Å²) >= 11 is 0. The monoisotopic (exact) mass is 485 g/mol. The highest BCUT2D eigenvalue weighted by Gasteiger charge is 2.35. The van der Waals surface area contributed by atoms with Crippen LogP contribution in [-0.4, -0.2) is 69.9 Å². The van der Waals surface area contributed by atoms with Crippen molar-refractivity contribution in [2.45, 2.75) is 38.5 Å². The van der Waals surface area contributed by atoms with Gasteiger partial charge in [-0.05, 0) is 69.0 Å². The molecule has 0 bridgehead atoms. The van der Waals surface area contributed by atoms with Crippen molar-refractivity contribution in [2.24, 2.45) is 5.92 Å². The van der Waals surface area contributed by atoms with Gasteiger partial charge in [-0.1, -0.05) is 17.7 Å². The van der Waals surface area contributed by atoms with Gasteiger partial charge in [-0.15, -0.1) is 0 Å². The highest BCUT2D eigenvalue weighted by atomic mass is 32.2. The molecule has 0 aliphatic carbocycles. The molecular weight excluding hydrogens is 450 g/mol. The molecule has 2 aliphatic rings. The zero-order valence-corrected chi connectivity index (χ0v) is 21.4. The van der Waals surface area contributed by atoms with Crippen LogP contribution in [0, 0.1) is 26.7 Å². The van der Waals surface area contributed by atoms with Crippen molar-refractivity contribution in [3.05, 3.63) is 53.1 Å². The molecule has 2 fully saturated rings. The number of methoxy groups -OCH3 is 1. The minimum Gasteiger partial charge on any atom is -0.497 e. The average Bonchev–Trinajstić information content (AvgIpc) is 2.83. The van der Waals surface area contributed by atoms with Gasteiger partial charge in [0.05, 0.1) is 12.0 Å². The lowest BCUT2D eigenvalue weighted by atomic mass is 9.96. The molecule has 2 heterocycles. The average molecular weight is 486 g/mol. The van der Waals surface area contributed by atoms with Crippen molar-refractivity contribution < 1.29 is 17.9 Å². The third-order valence-electron chi connectivity index (χ3n) is 7.03. The Morgan fingerprint density at radius 2 is 1.44 bits per heavy atom. The standard InChI is InChI=1S/C26H35N3O4S/c1-19-17-20(2)25(21(3)18-19)34(31,32)29-11-9-22(10-12-29)26(30)28-15-13-27(14-16-28)23-5-7-24(33-4)8-6-23/h5-8,17-18,22H,9-16H2,1-4H3. The van der Waals surface area contributed by atoms with Crippen LogP contribution in [0.4, 0.5) is 5.69 Å². The fourth-order valence-electron chi connectivity index (χ4n) is 5.28. The number of piperazine rings is 1. The Balaban J connectivity index is 1.33. The summed E-state index contributed by atoms with van der Waals surface area (Å²) in [7, 11) is -1.91. The third kappa shape index (κ3) is 4.93. The number of aryl methyl sites for hydroxylation is 3. The van der Waals surface area contributed by atoms with Crippen LogP contribution in [-0.2, 0) is 14.8 Å². The van der Waals surface area contributed by atoms with Gasteiger partial charge in [0.15, 0.2) is 0 Å². The quantitative estimate of drug-likeness (QED) is 0.650. The van der Waals surface area contributed by atoms with Gasteiger partial charge < -0.3 is 14.5 Å². The van der Waals surface area contributed by atoms with Crippen LogP contribution in [0.15, 0.2) is 41.3 Å². The molecular formula is C26H35N3O4S. The minimum absolute atomic E-state index is 0.112. The van der Waals surface area contributed by atoms with Crippen molar-refractivity contribution in [1.29, 1.82) is 0 Å². The van der Waals surface area contributed by atoms with Crippen molar-refractivity contribution in [3.8, 4) is 5.75 Å². The second kappa shape index (κ2) is 9.96. The molecule has 8 heteroatoms. The number of amides is 1. The molecule has 1 amide bonds. The zero-order chi connectivity index (χ0) is 24.5.